The van der Waals surface area contributed by atoms with Crippen LogP contribution < -0.4 is 4.90 Å². The fraction of sp³-hybridized carbons (Fsp3) is 0.318. The minimum absolute atomic E-state index is 0.0914. The van der Waals surface area contributed by atoms with Crippen molar-refractivity contribution in [3.63, 3.8) is 0 Å². The van der Waals surface area contributed by atoms with Crippen molar-refractivity contribution >= 4 is 16.9 Å². The van der Waals surface area contributed by atoms with Gasteiger partial charge < -0.3 is 9.88 Å². The summed E-state index contributed by atoms with van der Waals surface area (Å²) in [4.78, 5) is 22.6. The van der Waals surface area contributed by atoms with Crippen molar-refractivity contribution in [1.29, 1.82) is 10.5 Å². The van der Waals surface area contributed by atoms with Gasteiger partial charge in [0.2, 0.25) is 0 Å². The lowest BCUT2D eigenvalue weighted by Crippen LogP contribution is -2.26. The summed E-state index contributed by atoms with van der Waals surface area (Å²) in [7, 11) is 0. The molecule has 5 rings (SSSR count). The predicted molar refractivity (Wildman–Crippen MR) is 116 cm³/mol. The minimum atomic E-state index is -0.0914. The lowest BCUT2D eigenvalue weighted by atomic mass is 9.96. The molecule has 0 amide bonds. The molecular weight excluding hydrogens is 404 g/mol. The molecule has 32 heavy (non-hydrogen) atoms. The Morgan fingerprint density at radius 2 is 2.16 bits per heavy atom. The van der Waals surface area contributed by atoms with Gasteiger partial charge >= 0.3 is 0 Å². The van der Waals surface area contributed by atoms with Gasteiger partial charge in [0.1, 0.15) is 18.0 Å². The van der Waals surface area contributed by atoms with Crippen LogP contribution in [0.25, 0.3) is 22.3 Å². The maximum Gasteiger partial charge on any atom is 0.183 e. The number of hydrogen-bond acceptors (Lipinski definition) is 8. The molecule has 4 aromatic heterocycles. The lowest BCUT2D eigenvalue weighted by Gasteiger charge is -2.23. The Kier molecular flexibility index (Phi) is 4.96. The number of nitrogens with one attached hydrogen (secondary N) is 1. The number of aromatic nitrogens is 7. The van der Waals surface area contributed by atoms with E-state index in [1.54, 1.807) is 12.4 Å². The summed E-state index contributed by atoms with van der Waals surface area (Å²) in [6.07, 6.45) is 9.99. The molecule has 5 heterocycles. The molecule has 1 fully saturated rings. The monoisotopic (exact) mass is 424 g/mol. The number of H-pyrrole nitrogens is 1. The van der Waals surface area contributed by atoms with E-state index in [-0.39, 0.29) is 12.0 Å². The van der Waals surface area contributed by atoms with E-state index in [0.29, 0.717) is 30.2 Å². The van der Waals surface area contributed by atoms with E-state index in [1.807, 2.05) is 30.1 Å². The molecule has 2 unspecified atom stereocenters. The molecule has 10 heteroatoms. The van der Waals surface area contributed by atoms with Crippen LogP contribution in [-0.2, 0) is 0 Å². The second kappa shape index (κ2) is 8.08. The molecule has 0 aliphatic carbocycles. The van der Waals surface area contributed by atoms with Crippen molar-refractivity contribution in [2.24, 2.45) is 5.92 Å². The minimum Gasteiger partial charge on any atom is -0.354 e. The van der Waals surface area contributed by atoms with Crippen molar-refractivity contribution in [2.75, 3.05) is 18.0 Å². The first kappa shape index (κ1) is 19.6. The number of fused-ring (bicyclic) bond motifs is 1. The summed E-state index contributed by atoms with van der Waals surface area (Å²) in [5, 5.41) is 24.5. The van der Waals surface area contributed by atoms with Gasteiger partial charge in [-0.05, 0) is 19.4 Å². The first-order chi connectivity index (χ1) is 15.7. The smallest absolute Gasteiger partial charge is 0.183 e. The van der Waals surface area contributed by atoms with Crippen molar-refractivity contribution in [1.82, 2.24) is 34.7 Å². The average Bonchev–Trinajstić information content (AvgIpc) is 3.57. The normalized spacial score (nSPS) is 16.7. The maximum atomic E-state index is 9.50. The Balaban J connectivity index is 1.41. The number of rotatable bonds is 5. The van der Waals surface area contributed by atoms with Crippen LogP contribution in [0, 0.1) is 35.5 Å². The number of nitrogens with zero attached hydrogens (tertiary/aromatic N) is 9. The molecule has 2 atom stereocenters. The number of anilines is 1. The molecule has 1 aliphatic heterocycles. The van der Waals surface area contributed by atoms with Crippen molar-refractivity contribution < 1.29 is 0 Å². The molecule has 0 radical (unpaired) electrons. The van der Waals surface area contributed by atoms with E-state index in [1.165, 1.54) is 6.33 Å². The van der Waals surface area contributed by atoms with Crippen LogP contribution in [0.15, 0.2) is 37.2 Å². The third-order valence-corrected chi connectivity index (χ3v) is 5.92. The fourth-order valence-electron chi connectivity index (χ4n) is 4.38. The molecule has 4 aromatic rings. The van der Waals surface area contributed by atoms with Gasteiger partial charge in [0, 0.05) is 42.4 Å². The zero-order valence-corrected chi connectivity index (χ0v) is 17.5. The number of hydrogen-bond donors (Lipinski definition) is 1. The number of aromatic amines is 1. The topological polar surface area (TPSA) is 136 Å². The lowest BCUT2D eigenvalue weighted by molar-refractivity contribution is 0.332. The zero-order valence-electron chi connectivity index (χ0n) is 17.5. The summed E-state index contributed by atoms with van der Waals surface area (Å²) < 4.78 is 1.87. The highest BCUT2D eigenvalue weighted by molar-refractivity contribution is 5.89. The van der Waals surface area contributed by atoms with Gasteiger partial charge in [-0.3, -0.25) is 4.68 Å². The Hall–Kier alpha value is -4.31. The van der Waals surface area contributed by atoms with Gasteiger partial charge in [-0.15, -0.1) is 0 Å². The molecule has 1 aliphatic rings. The standard InChI is InChI=1S/C22H20N10/c1-14-9-26-22(18(8-24)30-14)31-7-4-15(11-31)19(2-5-23)32-12-16(10-29-32)20-17-3-6-25-21(17)28-13-27-20/h3,6,9-10,12-13,15,19H,2,4,7,11H2,1H3,(H,25,27,28). The van der Waals surface area contributed by atoms with Crippen molar-refractivity contribution in [3.8, 4) is 23.4 Å². The largest absolute Gasteiger partial charge is 0.354 e. The summed E-state index contributed by atoms with van der Waals surface area (Å²) in [5.74, 6) is 0.794. The third kappa shape index (κ3) is 3.42. The molecule has 0 spiro atoms. The van der Waals surface area contributed by atoms with Crippen molar-refractivity contribution in [2.45, 2.75) is 25.8 Å². The van der Waals surface area contributed by atoms with Crippen LogP contribution in [0.1, 0.15) is 30.3 Å². The maximum absolute atomic E-state index is 9.50. The third-order valence-electron chi connectivity index (χ3n) is 5.92. The summed E-state index contributed by atoms with van der Waals surface area (Å²) >= 11 is 0. The second-order valence-electron chi connectivity index (χ2n) is 7.89. The molecule has 158 valence electrons. The van der Waals surface area contributed by atoms with Crippen LogP contribution >= 0.6 is 0 Å². The Bertz CT molecular complexity index is 1360. The fourth-order valence-corrected chi connectivity index (χ4v) is 4.38. The van der Waals surface area contributed by atoms with Gasteiger partial charge in [-0.25, -0.2) is 19.9 Å². The molecule has 1 N–H and O–H groups in total. The first-order valence-corrected chi connectivity index (χ1v) is 10.4. The molecule has 0 saturated carbocycles. The van der Waals surface area contributed by atoms with Crippen LogP contribution in [0.2, 0.25) is 0 Å². The van der Waals surface area contributed by atoms with Gasteiger partial charge in [0.05, 0.1) is 42.3 Å². The van der Waals surface area contributed by atoms with Crippen molar-refractivity contribution in [3.05, 3.63) is 48.6 Å². The molecular formula is C22H20N10. The average molecular weight is 424 g/mol. The van der Waals surface area contributed by atoms with E-state index in [4.69, 9.17) is 0 Å². The summed E-state index contributed by atoms with van der Waals surface area (Å²) in [6.45, 7) is 3.26. The van der Waals surface area contributed by atoms with E-state index < -0.39 is 0 Å². The van der Waals surface area contributed by atoms with Gasteiger partial charge in [-0.2, -0.15) is 15.6 Å². The first-order valence-electron chi connectivity index (χ1n) is 10.4. The van der Waals surface area contributed by atoms with Crippen LogP contribution in [-0.4, -0.2) is 47.8 Å². The zero-order chi connectivity index (χ0) is 22.1. The molecule has 0 aromatic carbocycles. The van der Waals surface area contributed by atoms with E-state index in [9.17, 15) is 10.5 Å². The highest BCUT2D eigenvalue weighted by Gasteiger charge is 2.33. The van der Waals surface area contributed by atoms with Crippen LogP contribution in [0.5, 0.6) is 0 Å². The van der Waals surface area contributed by atoms with E-state index in [2.05, 4.69) is 47.1 Å². The second-order valence-corrected chi connectivity index (χ2v) is 7.89. The van der Waals surface area contributed by atoms with Gasteiger partial charge in [0.25, 0.3) is 0 Å². The summed E-state index contributed by atoms with van der Waals surface area (Å²) in [5.41, 5.74) is 3.51. The highest BCUT2D eigenvalue weighted by atomic mass is 15.3. The van der Waals surface area contributed by atoms with E-state index >= 15 is 0 Å². The van der Waals surface area contributed by atoms with Crippen LogP contribution in [0.3, 0.4) is 0 Å². The van der Waals surface area contributed by atoms with Gasteiger partial charge in [-0.1, -0.05) is 0 Å². The SMILES string of the molecule is Cc1cnc(N2CCC(C(CC#N)n3cc(-c4ncnc5[nH]ccc45)cn3)C2)c(C#N)n1. The predicted octanol–water partition coefficient (Wildman–Crippen LogP) is 2.77. The number of nitriles is 2. The van der Waals surface area contributed by atoms with Gasteiger partial charge in [0.15, 0.2) is 11.5 Å². The molecule has 0 bridgehead atoms. The Morgan fingerprint density at radius 1 is 1.25 bits per heavy atom. The summed E-state index contributed by atoms with van der Waals surface area (Å²) in [6, 6.07) is 6.31. The quantitative estimate of drug-likeness (QED) is 0.516. The molecule has 10 nitrogen and oxygen atoms in total. The van der Waals surface area contributed by atoms with Crippen LogP contribution in [0.4, 0.5) is 5.82 Å². The Labute approximate surface area is 184 Å². The highest BCUT2D eigenvalue weighted by Crippen LogP contribution is 2.34. The number of aryl methyl sites for hydroxylation is 1. The Morgan fingerprint density at radius 3 is 3.00 bits per heavy atom. The van der Waals surface area contributed by atoms with E-state index in [0.717, 1.165) is 35.3 Å². The molecule has 1 saturated heterocycles.